The molecule has 4 heteroatoms. The number of anilines is 1. The van der Waals surface area contributed by atoms with Crippen molar-refractivity contribution in [2.45, 2.75) is 26.3 Å². The van der Waals surface area contributed by atoms with Gasteiger partial charge in [-0.3, -0.25) is 9.59 Å². The first-order chi connectivity index (χ1) is 17.1. The summed E-state index contributed by atoms with van der Waals surface area (Å²) in [5.41, 5.74) is 5.62. The molecule has 0 aliphatic rings. The summed E-state index contributed by atoms with van der Waals surface area (Å²) in [6.45, 7) is 3.04. The predicted octanol–water partition coefficient (Wildman–Crippen LogP) is 5.74. The highest BCUT2D eigenvalue weighted by Crippen LogP contribution is 2.22. The molecule has 2 amide bonds. The lowest BCUT2D eigenvalue weighted by Crippen LogP contribution is -2.31. The number of carbonyl (C=O) groups excluding carboxylic acids is 2. The summed E-state index contributed by atoms with van der Waals surface area (Å²) in [4.78, 5) is 27.9. The van der Waals surface area contributed by atoms with Gasteiger partial charge in [0.1, 0.15) is 0 Å². The molecule has 0 fully saturated rings. The molecule has 0 spiro atoms. The average Bonchev–Trinajstić information content (AvgIpc) is 2.89. The van der Waals surface area contributed by atoms with Crippen molar-refractivity contribution in [3.05, 3.63) is 137 Å². The van der Waals surface area contributed by atoms with Crippen molar-refractivity contribution in [1.82, 2.24) is 5.32 Å². The highest BCUT2D eigenvalue weighted by Gasteiger charge is 2.19. The summed E-state index contributed by atoms with van der Waals surface area (Å²) < 4.78 is 0. The van der Waals surface area contributed by atoms with Crippen LogP contribution in [0.2, 0.25) is 0 Å². The highest BCUT2D eigenvalue weighted by atomic mass is 16.2. The molecule has 0 heterocycles. The van der Waals surface area contributed by atoms with Gasteiger partial charge in [0.05, 0.1) is 13.0 Å². The molecule has 4 aromatic rings. The first kappa shape index (κ1) is 24.0. The van der Waals surface area contributed by atoms with Crippen molar-refractivity contribution in [2.75, 3.05) is 11.4 Å². The molecular weight excluding hydrogens is 432 g/mol. The number of benzene rings is 4. The number of carbonyl (C=O) groups is 2. The predicted molar refractivity (Wildman–Crippen MR) is 141 cm³/mol. The highest BCUT2D eigenvalue weighted by molar-refractivity contribution is 6.06. The Kier molecular flexibility index (Phi) is 8.08. The van der Waals surface area contributed by atoms with E-state index in [1.807, 2.05) is 104 Å². The van der Waals surface area contributed by atoms with E-state index in [4.69, 9.17) is 0 Å². The molecule has 35 heavy (non-hydrogen) atoms. The Hall–Kier alpha value is -4.18. The Morgan fingerprint density at radius 3 is 2.03 bits per heavy atom. The number of nitrogens with zero attached hydrogens (tertiary/aromatic N) is 1. The van der Waals surface area contributed by atoms with Crippen LogP contribution >= 0.6 is 0 Å². The third kappa shape index (κ3) is 6.90. The van der Waals surface area contributed by atoms with E-state index in [2.05, 4.69) is 17.4 Å². The minimum Gasteiger partial charge on any atom is -0.355 e. The lowest BCUT2D eigenvalue weighted by molar-refractivity contribution is -0.120. The standard InChI is InChI=1S/C31H30N2O2/c1-24-15-17-28(18-16-24)31(35)33(23-26-11-6-3-7-12-26)29-14-8-13-27(21-29)22-30(34)32-20-19-25-9-4-2-5-10-25/h2-18,21H,19-20,22-23H2,1H3,(H,32,34). The Morgan fingerprint density at radius 2 is 1.34 bits per heavy atom. The van der Waals surface area contributed by atoms with E-state index in [0.29, 0.717) is 18.7 Å². The lowest BCUT2D eigenvalue weighted by atomic mass is 10.1. The monoisotopic (exact) mass is 462 g/mol. The van der Waals surface area contributed by atoms with Crippen LogP contribution in [0.4, 0.5) is 5.69 Å². The Bertz CT molecular complexity index is 1250. The van der Waals surface area contributed by atoms with E-state index in [1.165, 1.54) is 5.56 Å². The Balaban J connectivity index is 1.48. The summed E-state index contributed by atoms with van der Waals surface area (Å²) in [5.74, 6) is -0.101. The van der Waals surface area contributed by atoms with E-state index in [9.17, 15) is 9.59 Å². The topological polar surface area (TPSA) is 49.4 Å². The summed E-state index contributed by atoms with van der Waals surface area (Å²) in [7, 11) is 0. The largest absolute Gasteiger partial charge is 0.355 e. The van der Waals surface area contributed by atoms with Gasteiger partial charge in [-0.05, 0) is 54.3 Å². The minimum absolute atomic E-state index is 0.0300. The molecule has 176 valence electrons. The smallest absolute Gasteiger partial charge is 0.258 e. The van der Waals surface area contributed by atoms with Crippen molar-refractivity contribution in [3.8, 4) is 0 Å². The zero-order valence-corrected chi connectivity index (χ0v) is 20.0. The van der Waals surface area contributed by atoms with Gasteiger partial charge in [-0.15, -0.1) is 0 Å². The molecule has 0 atom stereocenters. The zero-order valence-electron chi connectivity index (χ0n) is 20.0. The van der Waals surface area contributed by atoms with Crippen LogP contribution in [0.1, 0.15) is 32.6 Å². The maximum absolute atomic E-state index is 13.5. The van der Waals surface area contributed by atoms with Gasteiger partial charge in [0.15, 0.2) is 0 Å². The van der Waals surface area contributed by atoms with Gasteiger partial charge in [0.2, 0.25) is 5.91 Å². The van der Waals surface area contributed by atoms with E-state index in [-0.39, 0.29) is 18.2 Å². The summed E-state index contributed by atoms with van der Waals surface area (Å²) in [6, 6.07) is 35.4. The molecule has 1 N–H and O–H groups in total. The second kappa shape index (κ2) is 11.8. The summed E-state index contributed by atoms with van der Waals surface area (Å²) in [5, 5.41) is 3.00. The van der Waals surface area contributed by atoms with Crippen LogP contribution in [0.15, 0.2) is 109 Å². The number of hydrogen-bond donors (Lipinski definition) is 1. The van der Waals surface area contributed by atoms with Crippen molar-refractivity contribution < 1.29 is 9.59 Å². The third-order valence-corrected chi connectivity index (χ3v) is 5.89. The molecule has 0 aliphatic carbocycles. The van der Waals surface area contributed by atoms with Crippen LogP contribution in [0, 0.1) is 6.92 Å². The first-order valence-corrected chi connectivity index (χ1v) is 11.9. The van der Waals surface area contributed by atoms with Crippen LogP contribution < -0.4 is 10.2 Å². The minimum atomic E-state index is -0.0710. The SMILES string of the molecule is Cc1ccc(C(=O)N(Cc2ccccc2)c2cccc(CC(=O)NCCc3ccccc3)c2)cc1. The van der Waals surface area contributed by atoms with Crippen LogP contribution in [-0.4, -0.2) is 18.4 Å². The van der Waals surface area contributed by atoms with Gasteiger partial charge in [-0.2, -0.15) is 0 Å². The van der Waals surface area contributed by atoms with Crippen LogP contribution in [0.25, 0.3) is 0 Å². The molecular formula is C31H30N2O2. The fourth-order valence-corrected chi connectivity index (χ4v) is 3.97. The summed E-state index contributed by atoms with van der Waals surface area (Å²) in [6.07, 6.45) is 1.06. The molecule has 4 rings (SSSR count). The maximum atomic E-state index is 13.5. The zero-order chi connectivity index (χ0) is 24.5. The fourth-order valence-electron chi connectivity index (χ4n) is 3.97. The second-order valence-electron chi connectivity index (χ2n) is 8.68. The van der Waals surface area contributed by atoms with Crippen LogP contribution in [0.5, 0.6) is 0 Å². The van der Waals surface area contributed by atoms with E-state index < -0.39 is 0 Å². The molecule has 4 aromatic carbocycles. The maximum Gasteiger partial charge on any atom is 0.258 e. The van der Waals surface area contributed by atoms with Gasteiger partial charge in [0.25, 0.3) is 5.91 Å². The molecule has 0 bridgehead atoms. The second-order valence-corrected chi connectivity index (χ2v) is 8.68. The van der Waals surface area contributed by atoms with Crippen molar-refractivity contribution >= 4 is 17.5 Å². The number of hydrogen-bond acceptors (Lipinski definition) is 2. The molecule has 0 radical (unpaired) electrons. The molecule has 0 aliphatic heterocycles. The van der Waals surface area contributed by atoms with Gasteiger partial charge >= 0.3 is 0 Å². The lowest BCUT2D eigenvalue weighted by Gasteiger charge is -2.24. The van der Waals surface area contributed by atoms with Crippen molar-refractivity contribution in [1.29, 1.82) is 0 Å². The average molecular weight is 463 g/mol. The van der Waals surface area contributed by atoms with Gasteiger partial charge in [0, 0.05) is 17.8 Å². The molecule has 0 aromatic heterocycles. The molecule has 0 unspecified atom stereocenters. The quantitative estimate of drug-likeness (QED) is 0.345. The molecule has 4 nitrogen and oxygen atoms in total. The first-order valence-electron chi connectivity index (χ1n) is 11.9. The van der Waals surface area contributed by atoms with E-state index in [0.717, 1.165) is 28.8 Å². The normalized spacial score (nSPS) is 10.5. The molecule has 0 saturated heterocycles. The number of nitrogens with one attached hydrogen (secondary N) is 1. The van der Waals surface area contributed by atoms with Gasteiger partial charge in [-0.1, -0.05) is 90.5 Å². The van der Waals surface area contributed by atoms with Crippen molar-refractivity contribution in [2.24, 2.45) is 0 Å². The third-order valence-electron chi connectivity index (χ3n) is 5.89. The van der Waals surface area contributed by atoms with E-state index in [1.54, 1.807) is 4.90 Å². The number of amides is 2. The molecule has 0 saturated carbocycles. The summed E-state index contributed by atoms with van der Waals surface area (Å²) >= 11 is 0. The fraction of sp³-hybridized carbons (Fsp3) is 0.161. The number of rotatable bonds is 9. The Morgan fingerprint density at radius 1 is 0.714 bits per heavy atom. The van der Waals surface area contributed by atoms with Crippen LogP contribution in [0.3, 0.4) is 0 Å². The van der Waals surface area contributed by atoms with Gasteiger partial charge < -0.3 is 10.2 Å². The van der Waals surface area contributed by atoms with E-state index >= 15 is 0 Å². The van der Waals surface area contributed by atoms with Crippen LogP contribution in [-0.2, 0) is 24.2 Å². The van der Waals surface area contributed by atoms with Crippen molar-refractivity contribution in [3.63, 3.8) is 0 Å². The van der Waals surface area contributed by atoms with Gasteiger partial charge in [-0.25, -0.2) is 0 Å². The Labute approximate surface area is 207 Å². The number of aryl methyl sites for hydroxylation is 1.